The van der Waals surface area contributed by atoms with Crippen LogP contribution in [0.3, 0.4) is 0 Å². The van der Waals surface area contributed by atoms with Gasteiger partial charge in [0.05, 0.1) is 0 Å². The maximum Gasteiger partial charge on any atom is 0.0307 e. The van der Waals surface area contributed by atoms with E-state index in [9.17, 15) is 0 Å². The zero-order chi connectivity index (χ0) is 12.8. The van der Waals surface area contributed by atoms with Gasteiger partial charge in [0.15, 0.2) is 0 Å². The third-order valence-electron chi connectivity index (χ3n) is 3.82. The molecule has 2 nitrogen and oxygen atoms in total. The van der Waals surface area contributed by atoms with E-state index in [1.165, 1.54) is 37.8 Å². The smallest absolute Gasteiger partial charge is 0.0307 e. The number of nitrogens with two attached hydrogens (primary N) is 1. The lowest BCUT2D eigenvalue weighted by atomic mass is 10.0. The van der Waals surface area contributed by atoms with E-state index < -0.39 is 0 Å². The molecule has 0 radical (unpaired) electrons. The van der Waals surface area contributed by atoms with E-state index in [0.29, 0.717) is 0 Å². The Kier molecular flexibility index (Phi) is 5.21. The Labute approximate surface area is 111 Å². The summed E-state index contributed by atoms with van der Waals surface area (Å²) in [4.78, 5) is 2.65. The molecule has 2 heteroatoms. The monoisotopic (exact) mass is 246 g/mol. The summed E-state index contributed by atoms with van der Waals surface area (Å²) in [6, 6.07) is 11.5. The molecule has 1 aliphatic rings. The lowest BCUT2D eigenvalue weighted by molar-refractivity contribution is 0.249. The van der Waals surface area contributed by atoms with Crippen molar-refractivity contribution in [1.82, 2.24) is 4.90 Å². The Morgan fingerprint density at radius 1 is 1.22 bits per heavy atom. The Balaban J connectivity index is 1.78. The molecule has 0 saturated heterocycles. The molecule has 1 saturated carbocycles. The largest absolute Gasteiger partial charge is 0.324 e. The first kappa shape index (κ1) is 13.6. The van der Waals surface area contributed by atoms with Crippen molar-refractivity contribution in [3.05, 3.63) is 35.9 Å². The molecular formula is C16H26N2. The highest BCUT2D eigenvalue weighted by Crippen LogP contribution is 2.28. The van der Waals surface area contributed by atoms with Gasteiger partial charge in [0.1, 0.15) is 0 Å². The lowest BCUT2D eigenvalue weighted by Gasteiger charge is -2.23. The average molecular weight is 246 g/mol. The van der Waals surface area contributed by atoms with Crippen LogP contribution in [-0.4, -0.2) is 24.0 Å². The third kappa shape index (κ3) is 4.11. The fraction of sp³-hybridized carbons (Fsp3) is 0.625. The van der Waals surface area contributed by atoms with Gasteiger partial charge in [-0.25, -0.2) is 0 Å². The Morgan fingerprint density at radius 3 is 2.56 bits per heavy atom. The highest BCUT2D eigenvalue weighted by atomic mass is 15.2. The van der Waals surface area contributed by atoms with Gasteiger partial charge >= 0.3 is 0 Å². The molecule has 0 spiro atoms. The normalized spacial score (nSPS) is 17.1. The van der Waals surface area contributed by atoms with Crippen molar-refractivity contribution in [2.75, 3.05) is 13.1 Å². The fourth-order valence-electron chi connectivity index (χ4n) is 2.45. The summed E-state index contributed by atoms with van der Waals surface area (Å²) in [5.41, 5.74) is 7.53. The van der Waals surface area contributed by atoms with Crippen LogP contribution in [0.2, 0.25) is 0 Å². The summed E-state index contributed by atoms with van der Waals surface area (Å²) in [7, 11) is 0. The van der Waals surface area contributed by atoms with Crippen molar-refractivity contribution in [1.29, 1.82) is 0 Å². The molecule has 1 fully saturated rings. The summed E-state index contributed by atoms with van der Waals surface area (Å²) in [6.07, 6.45) is 6.46. The van der Waals surface area contributed by atoms with Gasteiger partial charge in [-0.3, -0.25) is 0 Å². The zero-order valence-corrected chi connectivity index (χ0v) is 11.5. The van der Waals surface area contributed by atoms with Crippen molar-refractivity contribution in [2.45, 2.75) is 51.1 Å². The Bertz CT molecular complexity index is 332. The van der Waals surface area contributed by atoms with E-state index in [2.05, 4.69) is 36.1 Å². The molecule has 0 amide bonds. The van der Waals surface area contributed by atoms with Gasteiger partial charge in [-0.05, 0) is 37.8 Å². The van der Waals surface area contributed by atoms with Crippen LogP contribution >= 0.6 is 0 Å². The predicted molar refractivity (Wildman–Crippen MR) is 77.5 cm³/mol. The van der Waals surface area contributed by atoms with Crippen LogP contribution < -0.4 is 5.73 Å². The SMILES string of the molecule is CCCCN(CCC(N)c1ccccc1)C1CC1. The first-order valence-corrected chi connectivity index (χ1v) is 7.36. The second kappa shape index (κ2) is 6.91. The maximum atomic E-state index is 6.27. The van der Waals surface area contributed by atoms with Crippen LogP contribution in [0.25, 0.3) is 0 Å². The van der Waals surface area contributed by atoms with Crippen molar-refractivity contribution in [3.8, 4) is 0 Å². The molecule has 1 atom stereocenters. The van der Waals surface area contributed by atoms with Gasteiger partial charge in [-0.2, -0.15) is 0 Å². The molecule has 2 rings (SSSR count). The minimum Gasteiger partial charge on any atom is -0.324 e. The minimum absolute atomic E-state index is 0.189. The molecule has 18 heavy (non-hydrogen) atoms. The van der Waals surface area contributed by atoms with Gasteiger partial charge in [-0.15, -0.1) is 0 Å². The van der Waals surface area contributed by atoms with Crippen LogP contribution in [0.1, 0.15) is 50.6 Å². The van der Waals surface area contributed by atoms with E-state index in [1.807, 2.05) is 6.07 Å². The van der Waals surface area contributed by atoms with E-state index in [0.717, 1.165) is 19.0 Å². The van der Waals surface area contributed by atoms with Crippen molar-refractivity contribution in [2.24, 2.45) is 5.73 Å². The van der Waals surface area contributed by atoms with Crippen molar-refractivity contribution >= 4 is 0 Å². The Hall–Kier alpha value is -0.860. The molecule has 2 N–H and O–H groups in total. The highest BCUT2D eigenvalue weighted by Gasteiger charge is 2.28. The van der Waals surface area contributed by atoms with Gasteiger partial charge in [0.2, 0.25) is 0 Å². The van der Waals surface area contributed by atoms with Gasteiger partial charge in [-0.1, -0.05) is 43.7 Å². The van der Waals surface area contributed by atoms with Crippen LogP contribution in [-0.2, 0) is 0 Å². The van der Waals surface area contributed by atoms with Crippen LogP contribution in [0.4, 0.5) is 0 Å². The first-order chi connectivity index (χ1) is 8.81. The summed E-state index contributed by atoms with van der Waals surface area (Å²) in [5, 5.41) is 0. The third-order valence-corrected chi connectivity index (χ3v) is 3.82. The molecule has 1 aromatic rings. The molecule has 100 valence electrons. The maximum absolute atomic E-state index is 6.27. The Morgan fingerprint density at radius 2 is 1.94 bits per heavy atom. The van der Waals surface area contributed by atoms with Gasteiger partial charge in [0, 0.05) is 18.6 Å². The molecule has 1 aliphatic carbocycles. The number of nitrogens with zero attached hydrogens (tertiary/aromatic N) is 1. The minimum atomic E-state index is 0.189. The van der Waals surface area contributed by atoms with E-state index in [4.69, 9.17) is 5.73 Å². The van der Waals surface area contributed by atoms with Gasteiger partial charge < -0.3 is 10.6 Å². The predicted octanol–water partition coefficient (Wildman–Crippen LogP) is 3.34. The van der Waals surface area contributed by atoms with Crippen molar-refractivity contribution < 1.29 is 0 Å². The molecular weight excluding hydrogens is 220 g/mol. The van der Waals surface area contributed by atoms with Crippen LogP contribution in [0, 0.1) is 0 Å². The number of hydrogen-bond acceptors (Lipinski definition) is 2. The number of benzene rings is 1. The average Bonchev–Trinajstić information content (AvgIpc) is 3.24. The number of hydrogen-bond donors (Lipinski definition) is 1. The quantitative estimate of drug-likeness (QED) is 0.762. The number of unbranched alkanes of at least 4 members (excludes halogenated alkanes) is 1. The summed E-state index contributed by atoms with van der Waals surface area (Å²) in [5.74, 6) is 0. The standard InChI is InChI=1S/C16H26N2/c1-2-3-12-18(15-9-10-15)13-11-16(17)14-7-5-4-6-8-14/h4-8,15-16H,2-3,9-13,17H2,1H3. The van der Waals surface area contributed by atoms with Crippen LogP contribution in [0.5, 0.6) is 0 Å². The second-order valence-electron chi connectivity index (χ2n) is 5.43. The van der Waals surface area contributed by atoms with Crippen LogP contribution in [0.15, 0.2) is 30.3 Å². The van der Waals surface area contributed by atoms with Gasteiger partial charge in [0.25, 0.3) is 0 Å². The molecule has 0 heterocycles. The highest BCUT2D eigenvalue weighted by molar-refractivity contribution is 5.18. The lowest BCUT2D eigenvalue weighted by Crippen LogP contribution is -2.30. The number of rotatable bonds is 8. The molecule has 0 aromatic heterocycles. The van der Waals surface area contributed by atoms with E-state index in [-0.39, 0.29) is 6.04 Å². The second-order valence-corrected chi connectivity index (χ2v) is 5.43. The fourth-order valence-corrected chi connectivity index (χ4v) is 2.45. The summed E-state index contributed by atoms with van der Waals surface area (Å²) in [6.45, 7) is 4.67. The molecule has 1 unspecified atom stereocenters. The molecule has 1 aromatic carbocycles. The topological polar surface area (TPSA) is 29.3 Å². The van der Waals surface area contributed by atoms with Crippen molar-refractivity contribution in [3.63, 3.8) is 0 Å². The zero-order valence-electron chi connectivity index (χ0n) is 11.5. The summed E-state index contributed by atoms with van der Waals surface area (Å²) >= 11 is 0. The summed E-state index contributed by atoms with van der Waals surface area (Å²) < 4.78 is 0. The first-order valence-electron chi connectivity index (χ1n) is 7.36. The van der Waals surface area contributed by atoms with E-state index in [1.54, 1.807) is 0 Å². The molecule has 0 aliphatic heterocycles. The van der Waals surface area contributed by atoms with E-state index >= 15 is 0 Å². The molecule has 0 bridgehead atoms.